The number of pyridine rings is 6. The number of nitriles is 2. The fourth-order valence-corrected chi connectivity index (χ4v) is 20.2. The predicted octanol–water partition coefficient (Wildman–Crippen LogP) is 30.1. The largest absolute Gasteiger partial charge is 0.467 e. The Morgan fingerprint density at radius 2 is 0.604 bits per heavy atom. The third-order valence-electron chi connectivity index (χ3n) is 27.4. The first-order chi connectivity index (χ1) is 69.6. The second-order valence-electron chi connectivity index (χ2n) is 37.2. The summed E-state index contributed by atoms with van der Waals surface area (Å²) in [6.45, 7) is 54.1. The van der Waals surface area contributed by atoms with Crippen LogP contribution in [0.2, 0.25) is 0 Å². The molecule has 0 aliphatic carbocycles. The van der Waals surface area contributed by atoms with Crippen LogP contribution in [0.1, 0.15) is 77.9 Å². The minimum absolute atomic E-state index is 0.572. The van der Waals surface area contributed by atoms with Gasteiger partial charge in [0.25, 0.3) is 0 Å². The minimum Gasteiger partial charge on any atom is -0.467 e. The first kappa shape index (κ1) is 94.3. The highest BCUT2D eigenvalue weighted by atomic mass is 16.4. The van der Waals surface area contributed by atoms with E-state index in [1.807, 2.05) is 267 Å². The van der Waals surface area contributed by atoms with Gasteiger partial charge in [-0.15, -0.1) is 0 Å². The highest BCUT2D eigenvalue weighted by molar-refractivity contribution is 6.20. The van der Waals surface area contributed by atoms with Crippen LogP contribution in [0.15, 0.2) is 318 Å². The number of rotatable bonds is 6. The quantitative estimate of drug-likeness (QED) is 0.117. The van der Waals surface area contributed by atoms with E-state index in [1.165, 1.54) is 16.7 Å². The van der Waals surface area contributed by atoms with Gasteiger partial charge in [-0.1, -0.05) is 84.4 Å². The average Bonchev–Trinajstić information content (AvgIpc) is 1.61. The van der Waals surface area contributed by atoms with Crippen molar-refractivity contribution >= 4 is 154 Å². The van der Waals surface area contributed by atoms with E-state index >= 15 is 0 Å². The average molecular weight is 1880 g/mol. The van der Waals surface area contributed by atoms with Crippen molar-refractivity contribution in [1.82, 2.24) is 0 Å². The van der Waals surface area contributed by atoms with Crippen LogP contribution in [-0.2, 0) is 42.3 Å². The fourth-order valence-electron chi connectivity index (χ4n) is 20.2. The second-order valence-corrected chi connectivity index (χ2v) is 37.2. The number of hydrogen-bond acceptors (Lipinski definition) is 8. The van der Waals surface area contributed by atoms with Gasteiger partial charge in [0.2, 0.25) is 45.5 Å². The summed E-state index contributed by atoms with van der Waals surface area (Å²) in [4.78, 5) is 14.6. The molecule has 696 valence electrons. The molecule has 12 aromatic heterocycles. The molecule has 24 aromatic rings. The van der Waals surface area contributed by atoms with E-state index in [9.17, 15) is 10.5 Å². The van der Waals surface area contributed by atoms with E-state index in [2.05, 4.69) is 210 Å². The van der Waals surface area contributed by atoms with Crippen molar-refractivity contribution in [1.29, 1.82) is 10.5 Å². The van der Waals surface area contributed by atoms with Crippen LogP contribution in [0.3, 0.4) is 0 Å². The normalized spacial score (nSPS) is 11.1. The summed E-state index contributed by atoms with van der Waals surface area (Å²) in [5, 5.41) is 31.5. The van der Waals surface area contributed by atoms with Crippen LogP contribution in [-0.4, -0.2) is 0 Å². The first-order valence-corrected chi connectivity index (χ1v) is 47.4. The van der Waals surface area contributed by atoms with Gasteiger partial charge in [0.15, 0.2) is 54.1 Å². The molecule has 0 spiro atoms. The Kier molecular flexibility index (Phi) is 25.2. The summed E-state index contributed by atoms with van der Waals surface area (Å²) < 4.78 is 49.4. The number of hydrogen-bond donors (Lipinski definition) is 0. The van der Waals surface area contributed by atoms with Crippen LogP contribution in [0.4, 0.5) is 22.7 Å². The third kappa shape index (κ3) is 16.9. The SMILES string of the molecule is Cc1cc(C#N)c2c(c1)oc1ccc(C)c(-c3cccc[n+]3C)c12.Cc1ccc2c(c1)oc1c(C#N)cc(C)c(-c3cccc[n+]3C)c12.[C-]#[N+]c1c(C)ccc2c1oc1ccc(C)c(-c3cccc[n+]3C)c12.[C-]#[N+]c1cc(C)cc2c1oc1c(-c3cccc[n+]3C)c(C)ccc12.[C-]#[N+]c1cc2c(cc1C)oc1ccc(C)c(-c3cccc[n+]3C)c12.[C-]#[N+]c1cc2oc3c(-c4cccc[n+]4C)c(C)ccc3c2cc1C. The van der Waals surface area contributed by atoms with Crippen LogP contribution in [0, 0.1) is 132 Å². The summed E-state index contributed by atoms with van der Waals surface area (Å²) in [5.41, 5.74) is 39.7. The smallest absolute Gasteiger partial charge is 0.232 e. The summed E-state index contributed by atoms with van der Waals surface area (Å²) in [7, 11) is 12.2. The van der Waals surface area contributed by atoms with Crippen molar-refractivity contribution in [3.8, 4) is 79.7 Å². The molecule has 0 atom stereocenters. The van der Waals surface area contributed by atoms with Crippen molar-refractivity contribution < 1.29 is 53.9 Å². The Hall–Kier alpha value is -18.7. The topological polar surface area (TPSA) is 167 Å². The molecular weight excluding hydrogens is 1780 g/mol. The number of fused-ring (bicyclic) bond motifs is 18. The lowest BCUT2D eigenvalue weighted by atomic mass is 9.95. The Balaban J connectivity index is 0.000000109. The van der Waals surface area contributed by atoms with Crippen molar-refractivity contribution in [2.24, 2.45) is 42.3 Å². The van der Waals surface area contributed by atoms with Gasteiger partial charge in [0.05, 0.1) is 76.9 Å². The lowest BCUT2D eigenvalue weighted by Gasteiger charge is -2.07. The Morgan fingerprint density at radius 1 is 0.222 bits per heavy atom. The van der Waals surface area contributed by atoms with Crippen molar-refractivity contribution in [3.05, 3.63) is 416 Å². The number of aryl methyl sites for hydroxylation is 18. The molecule has 0 radical (unpaired) electrons. The van der Waals surface area contributed by atoms with Crippen molar-refractivity contribution in [3.63, 3.8) is 0 Å². The van der Waals surface area contributed by atoms with E-state index in [0.717, 1.165) is 232 Å². The summed E-state index contributed by atoms with van der Waals surface area (Å²) >= 11 is 0. The third-order valence-corrected chi connectivity index (χ3v) is 27.4. The monoisotopic (exact) mass is 1880 g/mol. The van der Waals surface area contributed by atoms with Crippen molar-refractivity contribution in [2.75, 3.05) is 0 Å². The summed E-state index contributed by atoms with van der Waals surface area (Å²) in [5.74, 6) is 0. The maximum atomic E-state index is 9.63. The Bertz CT molecular complexity index is 9630. The van der Waals surface area contributed by atoms with Crippen LogP contribution in [0.25, 0.3) is 219 Å². The maximum absolute atomic E-state index is 9.63. The molecule has 0 aliphatic rings. The molecule has 18 heteroatoms. The number of benzene rings is 12. The molecule has 0 N–H and O–H groups in total. The zero-order valence-corrected chi connectivity index (χ0v) is 83.5. The van der Waals surface area contributed by atoms with E-state index in [-0.39, 0.29) is 0 Å². The van der Waals surface area contributed by atoms with Crippen LogP contribution >= 0.6 is 0 Å². The molecular formula is C126H102N12O6+6. The van der Waals surface area contributed by atoms with Gasteiger partial charge < -0.3 is 26.5 Å². The molecule has 0 saturated carbocycles. The van der Waals surface area contributed by atoms with Gasteiger partial charge in [0.1, 0.15) is 110 Å². The highest BCUT2D eigenvalue weighted by Gasteiger charge is 2.30. The van der Waals surface area contributed by atoms with E-state index in [1.54, 1.807) is 0 Å². The standard InChI is InChI=1S/6C21H17N2O/c1-13-9-11-17-19(18(13)16-7-5-6-12-23(16)4)15-10-8-14(2)20(22-3)21(15)24-17;1-13-11-16-15-9-8-14(2)19(18-7-5-6-10-23(18)4)21(15)24-20(16)17(12-13)22-3;1-13-8-9-18-21(20(13)17-7-5-6-10-23(17)4)15-12-16(22-3)14(2)11-19(15)24-18;1-13-8-9-15-16-11-14(2)17(22-3)12-19(16)24-21(15)20(13)18-7-5-6-10-23(18)4;1-13-10-15(12-22)20-18(11-13)24-17-8-7-14(2)19(21(17)20)16-6-4-5-9-23(16)3;1-13-7-8-16-18(10-13)24-21-15(12-22)11-14(2)19(20(16)21)17-6-4-5-9-23(17)3/h4*5-12H,1-2,4H3;2*4-11H,1-3H3/q6*+1. The molecule has 18 nitrogen and oxygen atoms in total. The first-order valence-electron chi connectivity index (χ1n) is 47.4. The molecule has 0 bridgehead atoms. The lowest BCUT2D eigenvalue weighted by Crippen LogP contribution is -2.30. The summed E-state index contributed by atoms with van der Waals surface area (Å²) in [6, 6.07) is 90.2. The van der Waals surface area contributed by atoms with Crippen molar-refractivity contribution in [2.45, 2.75) is 83.1 Å². The van der Waals surface area contributed by atoms with E-state index in [0.29, 0.717) is 50.6 Å². The van der Waals surface area contributed by atoms with Gasteiger partial charge in [-0.3, -0.25) is 0 Å². The molecule has 12 aromatic carbocycles. The Labute approximate surface area is 834 Å². The fraction of sp³-hybridized carbons (Fsp3) is 0.143. The van der Waals surface area contributed by atoms with Gasteiger partial charge in [-0.2, -0.15) is 10.5 Å². The van der Waals surface area contributed by atoms with Gasteiger partial charge in [-0.25, -0.2) is 46.8 Å². The molecule has 0 unspecified atom stereocenters. The molecule has 0 aliphatic heterocycles. The van der Waals surface area contributed by atoms with E-state index < -0.39 is 0 Å². The van der Waals surface area contributed by atoms with Gasteiger partial charge >= 0.3 is 0 Å². The van der Waals surface area contributed by atoms with Crippen LogP contribution < -0.4 is 27.4 Å². The highest BCUT2D eigenvalue weighted by Crippen LogP contribution is 2.48. The molecule has 144 heavy (non-hydrogen) atoms. The minimum atomic E-state index is 0.572. The van der Waals surface area contributed by atoms with Gasteiger partial charge in [-0.05, 0) is 247 Å². The van der Waals surface area contributed by atoms with Crippen LogP contribution in [0.5, 0.6) is 0 Å². The molecule has 24 rings (SSSR count). The molecule has 0 saturated heterocycles. The zero-order chi connectivity index (χ0) is 101. The number of nitrogens with zero attached hydrogens (tertiary/aromatic N) is 12. The second kappa shape index (κ2) is 38.6. The summed E-state index contributed by atoms with van der Waals surface area (Å²) in [6.07, 6.45) is 12.2. The Morgan fingerprint density at radius 3 is 1.11 bits per heavy atom. The lowest BCUT2D eigenvalue weighted by molar-refractivity contribution is -0.660. The van der Waals surface area contributed by atoms with E-state index in [4.69, 9.17) is 52.8 Å². The maximum Gasteiger partial charge on any atom is 0.232 e. The zero-order valence-electron chi connectivity index (χ0n) is 83.5. The predicted molar refractivity (Wildman–Crippen MR) is 573 cm³/mol. The molecule has 12 heterocycles. The molecule has 0 fully saturated rings. The number of furan rings is 6. The number of aromatic nitrogens is 6. The van der Waals surface area contributed by atoms with Gasteiger partial charge in [0, 0.05) is 137 Å². The molecule has 0 amide bonds.